The number of fused-ring (bicyclic) bond motifs is 1. The maximum absolute atomic E-state index is 9.11. The van der Waals surface area contributed by atoms with Crippen LogP contribution in [0.2, 0.25) is 0 Å². The lowest BCUT2D eigenvalue weighted by Gasteiger charge is -1.92. The second-order valence-corrected chi connectivity index (χ2v) is 4.21. The fourth-order valence-electron chi connectivity index (χ4n) is 1.53. The molecular formula is C11H9NOS. The average Bonchev–Trinajstić information content (AvgIpc) is 2.55. The van der Waals surface area contributed by atoms with Crippen LogP contribution in [0, 0.1) is 18.3 Å². The van der Waals surface area contributed by atoms with Gasteiger partial charge >= 0.3 is 0 Å². The van der Waals surface area contributed by atoms with Crippen LogP contribution in [0.3, 0.4) is 0 Å². The number of aryl methyl sites for hydroxylation is 1. The fourth-order valence-corrected chi connectivity index (χ4v) is 2.66. The van der Waals surface area contributed by atoms with E-state index in [1.165, 1.54) is 11.3 Å². The lowest BCUT2D eigenvalue weighted by molar-refractivity contribution is 0.285. The molecule has 0 unspecified atom stereocenters. The van der Waals surface area contributed by atoms with Crippen LogP contribution in [-0.4, -0.2) is 5.11 Å². The van der Waals surface area contributed by atoms with Crippen LogP contribution in [0.1, 0.15) is 16.0 Å². The van der Waals surface area contributed by atoms with Crippen LogP contribution in [0.5, 0.6) is 0 Å². The summed E-state index contributed by atoms with van der Waals surface area (Å²) in [5, 5.41) is 19.1. The Morgan fingerprint density at radius 2 is 2.29 bits per heavy atom. The molecule has 1 aromatic heterocycles. The number of nitriles is 1. The summed E-state index contributed by atoms with van der Waals surface area (Å²) in [6, 6.07) is 7.83. The third-order valence-corrected chi connectivity index (χ3v) is 3.65. The summed E-state index contributed by atoms with van der Waals surface area (Å²) in [4.78, 5) is 0.947. The van der Waals surface area contributed by atoms with Crippen LogP contribution in [0.25, 0.3) is 10.1 Å². The van der Waals surface area contributed by atoms with E-state index in [4.69, 9.17) is 10.4 Å². The van der Waals surface area contributed by atoms with Gasteiger partial charge in [-0.05, 0) is 23.9 Å². The van der Waals surface area contributed by atoms with Crippen LogP contribution in [-0.2, 0) is 6.61 Å². The molecule has 0 amide bonds. The highest BCUT2D eigenvalue weighted by Crippen LogP contribution is 2.32. The van der Waals surface area contributed by atoms with E-state index in [1.54, 1.807) is 6.07 Å². The zero-order chi connectivity index (χ0) is 10.1. The highest BCUT2D eigenvalue weighted by molar-refractivity contribution is 7.19. The molecule has 0 aliphatic rings. The minimum absolute atomic E-state index is 0.0516. The fraction of sp³-hybridized carbons (Fsp3) is 0.182. The molecule has 2 rings (SSSR count). The summed E-state index contributed by atoms with van der Waals surface area (Å²) in [6.45, 7) is 2.03. The van der Waals surface area contributed by atoms with E-state index < -0.39 is 0 Å². The Balaban J connectivity index is 2.85. The normalized spacial score (nSPS) is 10.4. The first kappa shape index (κ1) is 9.20. The van der Waals surface area contributed by atoms with Crippen molar-refractivity contribution in [1.82, 2.24) is 0 Å². The maximum Gasteiger partial charge on any atom is 0.101 e. The summed E-state index contributed by atoms with van der Waals surface area (Å²) in [5.41, 5.74) is 1.78. The van der Waals surface area contributed by atoms with E-state index in [0.29, 0.717) is 5.56 Å². The van der Waals surface area contributed by atoms with Gasteiger partial charge in [-0.2, -0.15) is 5.26 Å². The average molecular weight is 203 g/mol. The molecule has 1 aromatic carbocycles. The van der Waals surface area contributed by atoms with Crippen LogP contribution < -0.4 is 0 Å². The molecule has 0 spiro atoms. The van der Waals surface area contributed by atoms with Gasteiger partial charge in [0, 0.05) is 4.88 Å². The molecule has 3 heteroatoms. The van der Waals surface area contributed by atoms with Crippen LogP contribution in [0.15, 0.2) is 18.2 Å². The summed E-state index contributed by atoms with van der Waals surface area (Å²) >= 11 is 1.50. The Morgan fingerprint density at radius 3 is 2.93 bits per heavy atom. The Labute approximate surface area is 86.0 Å². The Morgan fingerprint density at radius 1 is 1.50 bits per heavy atom. The predicted molar refractivity (Wildman–Crippen MR) is 57.2 cm³/mol. The number of hydrogen-bond acceptors (Lipinski definition) is 3. The summed E-state index contributed by atoms with van der Waals surface area (Å²) in [7, 11) is 0. The lowest BCUT2D eigenvalue weighted by Crippen LogP contribution is -1.79. The van der Waals surface area contributed by atoms with Crippen molar-refractivity contribution in [3.63, 3.8) is 0 Å². The van der Waals surface area contributed by atoms with Crippen molar-refractivity contribution in [3.05, 3.63) is 34.2 Å². The van der Waals surface area contributed by atoms with Crippen molar-refractivity contribution in [2.24, 2.45) is 0 Å². The number of nitrogens with zero attached hydrogens (tertiary/aromatic N) is 1. The van der Waals surface area contributed by atoms with Crippen molar-refractivity contribution in [2.75, 3.05) is 0 Å². The summed E-state index contributed by atoms with van der Waals surface area (Å²) < 4.78 is 0.983. The maximum atomic E-state index is 9.11. The molecule has 14 heavy (non-hydrogen) atoms. The molecule has 1 N–H and O–H groups in total. The first-order valence-corrected chi connectivity index (χ1v) is 5.11. The van der Waals surface area contributed by atoms with Crippen molar-refractivity contribution >= 4 is 21.4 Å². The highest BCUT2D eigenvalue weighted by Gasteiger charge is 2.09. The van der Waals surface area contributed by atoms with Gasteiger partial charge in [-0.1, -0.05) is 12.1 Å². The second-order valence-electron chi connectivity index (χ2n) is 3.10. The van der Waals surface area contributed by atoms with Gasteiger partial charge in [0.15, 0.2) is 0 Å². The molecule has 0 radical (unpaired) electrons. The highest BCUT2D eigenvalue weighted by atomic mass is 32.1. The van der Waals surface area contributed by atoms with Gasteiger partial charge in [0.25, 0.3) is 0 Å². The smallest absolute Gasteiger partial charge is 0.101 e. The van der Waals surface area contributed by atoms with E-state index in [-0.39, 0.29) is 6.61 Å². The van der Waals surface area contributed by atoms with Gasteiger partial charge in [0.1, 0.15) is 6.07 Å². The van der Waals surface area contributed by atoms with E-state index in [1.807, 2.05) is 19.1 Å². The largest absolute Gasteiger partial charge is 0.391 e. The summed E-state index contributed by atoms with van der Waals surface area (Å²) in [6.07, 6.45) is 0. The van der Waals surface area contributed by atoms with Crippen molar-refractivity contribution < 1.29 is 5.11 Å². The van der Waals surface area contributed by atoms with Crippen molar-refractivity contribution in [2.45, 2.75) is 13.5 Å². The van der Waals surface area contributed by atoms with Crippen LogP contribution >= 0.6 is 11.3 Å². The monoisotopic (exact) mass is 203 g/mol. The third-order valence-electron chi connectivity index (χ3n) is 2.33. The quantitative estimate of drug-likeness (QED) is 0.774. The molecule has 0 fully saturated rings. The number of benzene rings is 1. The Bertz CT molecular complexity index is 522. The molecule has 70 valence electrons. The molecule has 0 saturated carbocycles. The lowest BCUT2D eigenvalue weighted by atomic mass is 10.1. The van der Waals surface area contributed by atoms with Gasteiger partial charge in [-0.3, -0.25) is 0 Å². The van der Waals surface area contributed by atoms with Crippen LogP contribution in [0.4, 0.5) is 0 Å². The van der Waals surface area contributed by atoms with Gasteiger partial charge in [0.05, 0.1) is 16.9 Å². The van der Waals surface area contributed by atoms with Crippen molar-refractivity contribution in [1.29, 1.82) is 5.26 Å². The molecule has 1 heterocycles. The predicted octanol–water partition coefficient (Wildman–Crippen LogP) is 2.57. The topological polar surface area (TPSA) is 44.0 Å². The molecule has 0 atom stereocenters. The first-order chi connectivity index (χ1) is 6.77. The van der Waals surface area contributed by atoms with Gasteiger partial charge < -0.3 is 5.11 Å². The first-order valence-electron chi connectivity index (χ1n) is 4.30. The van der Waals surface area contributed by atoms with E-state index >= 15 is 0 Å². The zero-order valence-electron chi connectivity index (χ0n) is 7.74. The third kappa shape index (κ3) is 1.20. The van der Waals surface area contributed by atoms with Gasteiger partial charge in [0.2, 0.25) is 0 Å². The molecule has 0 aliphatic heterocycles. The Kier molecular flexibility index (Phi) is 2.24. The number of aliphatic hydroxyl groups excluding tert-OH is 1. The zero-order valence-corrected chi connectivity index (χ0v) is 8.56. The molecule has 2 aromatic rings. The molecule has 0 aliphatic carbocycles. The number of thiophene rings is 1. The SMILES string of the molecule is Cc1c(CO)sc2c(C#N)cccc12. The minimum atomic E-state index is 0.0516. The van der Waals surface area contributed by atoms with E-state index in [9.17, 15) is 0 Å². The second kappa shape index (κ2) is 3.41. The summed E-state index contributed by atoms with van der Waals surface area (Å²) in [5.74, 6) is 0. The van der Waals surface area contributed by atoms with E-state index in [2.05, 4.69) is 6.07 Å². The molecular weight excluding hydrogens is 194 g/mol. The number of rotatable bonds is 1. The number of hydrogen-bond donors (Lipinski definition) is 1. The van der Waals surface area contributed by atoms with Gasteiger partial charge in [-0.25, -0.2) is 0 Å². The number of aliphatic hydroxyl groups is 1. The molecule has 2 nitrogen and oxygen atoms in total. The minimum Gasteiger partial charge on any atom is -0.391 e. The van der Waals surface area contributed by atoms with Crippen molar-refractivity contribution in [3.8, 4) is 6.07 Å². The van der Waals surface area contributed by atoms with Gasteiger partial charge in [-0.15, -0.1) is 11.3 Å². The Hall–Kier alpha value is -1.37. The molecule has 0 saturated heterocycles. The van der Waals surface area contributed by atoms with E-state index in [0.717, 1.165) is 20.5 Å². The standard InChI is InChI=1S/C11H9NOS/c1-7-9-4-2-3-8(5-12)11(9)14-10(7)6-13/h2-4,13H,6H2,1H3. The molecule has 0 bridgehead atoms.